The van der Waals surface area contributed by atoms with Crippen molar-refractivity contribution in [2.45, 2.75) is 25.9 Å². The summed E-state index contributed by atoms with van der Waals surface area (Å²) >= 11 is 0. The summed E-state index contributed by atoms with van der Waals surface area (Å²) in [5.41, 5.74) is 0.819. The minimum absolute atomic E-state index is 0.258. The molecule has 0 aromatic heterocycles. The van der Waals surface area contributed by atoms with Crippen molar-refractivity contribution in [3.63, 3.8) is 0 Å². The first-order valence-corrected chi connectivity index (χ1v) is 7.44. The SMILES string of the molecule is CCOCCN1CCC(C(O)c2ccc(F)cc2)CC1. The first kappa shape index (κ1) is 15.4. The number of aliphatic hydroxyl groups excluding tert-OH is 1. The van der Waals surface area contributed by atoms with E-state index >= 15 is 0 Å². The zero-order valence-electron chi connectivity index (χ0n) is 12.1. The molecule has 1 fully saturated rings. The highest BCUT2D eigenvalue weighted by atomic mass is 19.1. The number of benzene rings is 1. The molecular formula is C16H24FNO2. The van der Waals surface area contributed by atoms with Crippen LogP contribution in [0.15, 0.2) is 24.3 Å². The van der Waals surface area contributed by atoms with Gasteiger partial charge in [0.25, 0.3) is 0 Å². The van der Waals surface area contributed by atoms with E-state index in [1.165, 1.54) is 12.1 Å². The lowest BCUT2D eigenvalue weighted by molar-refractivity contribution is 0.0457. The van der Waals surface area contributed by atoms with Gasteiger partial charge < -0.3 is 14.7 Å². The molecule has 1 aliphatic heterocycles. The second kappa shape index (κ2) is 7.72. The molecule has 20 heavy (non-hydrogen) atoms. The van der Waals surface area contributed by atoms with E-state index < -0.39 is 6.10 Å². The molecule has 0 amide bonds. The highest BCUT2D eigenvalue weighted by Gasteiger charge is 2.25. The Kier molecular flexibility index (Phi) is 5.95. The van der Waals surface area contributed by atoms with Gasteiger partial charge in [-0.1, -0.05) is 12.1 Å². The lowest BCUT2D eigenvalue weighted by atomic mass is 9.87. The van der Waals surface area contributed by atoms with Gasteiger partial charge in [0.2, 0.25) is 0 Å². The molecule has 0 bridgehead atoms. The molecule has 1 heterocycles. The number of aliphatic hydroxyl groups is 1. The summed E-state index contributed by atoms with van der Waals surface area (Å²) in [6.07, 6.45) is 1.47. The third-order valence-corrected chi connectivity index (χ3v) is 4.05. The first-order valence-electron chi connectivity index (χ1n) is 7.44. The van der Waals surface area contributed by atoms with Gasteiger partial charge in [0.05, 0.1) is 12.7 Å². The van der Waals surface area contributed by atoms with E-state index in [-0.39, 0.29) is 11.7 Å². The van der Waals surface area contributed by atoms with Crippen LogP contribution >= 0.6 is 0 Å². The molecule has 1 aromatic carbocycles. The molecule has 0 saturated carbocycles. The van der Waals surface area contributed by atoms with Crippen LogP contribution in [0.2, 0.25) is 0 Å². The van der Waals surface area contributed by atoms with E-state index in [0.29, 0.717) is 0 Å². The van der Waals surface area contributed by atoms with Crippen molar-refractivity contribution in [1.82, 2.24) is 4.90 Å². The molecule has 4 heteroatoms. The van der Waals surface area contributed by atoms with Crippen LogP contribution in [0, 0.1) is 11.7 Å². The molecule has 0 spiro atoms. The van der Waals surface area contributed by atoms with Crippen LogP contribution in [-0.4, -0.2) is 42.9 Å². The summed E-state index contributed by atoms with van der Waals surface area (Å²) in [5.74, 6) is 0.00972. The van der Waals surface area contributed by atoms with E-state index in [1.807, 2.05) is 6.92 Å². The van der Waals surface area contributed by atoms with Crippen molar-refractivity contribution in [1.29, 1.82) is 0 Å². The average molecular weight is 281 g/mol. The minimum Gasteiger partial charge on any atom is -0.388 e. The summed E-state index contributed by atoms with van der Waals surface area (Å²) in [7, 11) is 0. The summed E-state index contributed by atoms with van der Waals surface area (Å²) in [4.78, 5) is 2.38. The molecule has 1 atom stereocenters. The van der Waals surface area contributed by atoms with Gasteiger partial charge in [-0.05, 0) is 56.5 Å². The molecule has 1 aliphatic rings. The van der Waals surface area contributed by atoms with Crippen LogP contribution in [0.4, 0.5) is 4.39 Å². The van der Waals surface area contributed by atoms with Crippen LogP contribution in [0.1, 0.15) is 31.4 Å². The standard InChI is InChI=1S/C16H24FNO2/c1-2-20-12-11-18-9-7-14(8-10-18)16(19)13-3-5-15(17)6-4-13/h3-6,14,16,19H,2,7-12H2,1H3. The third-order valence-electron chi connectivity index (χ3n) is 4.05. The smallest absolute Gasteiger partial charge is 0.123 e. The number of likely N-dealkylation sites (tertiary alicyclic amines) is 1. The number of hydrogen-bond acceptors (Lipinski definition) is 3. The van der Waals surface area contributed by atoms with E-state index in [0.717, 1.165) is 51.3 Å². The van der Waals surface area contributed by atoms with Crippen LogP contribution in [0.5, 0.6) is 0 Å². The van der Waals surface area contributed by atoms with Gasteiger partial charge in [-0.15, -0.1) is 0 Å². The number of rotatable bonds is 6. The molecule has 1 unspecified atom stereocenters. The maximum Gasteiger partial charge on any atom is 0.123 e. The number of halogens is 1. The van der Waals surface area contributed by atoms with Crippen LogP contribution in [-0.2, 0) is 4.74 Å². The third kappa shape index (κ3) is 4.27. The summed E-state index contributed by atoms with van der Waals surface area (Å²) < 4.78 is 18.3. The number of nitrogens with zero attached hydrogens (tertiary/aromatic N) is 1. The zero-order chi connectivity index (χ0) is 14.4. The van der Waals surface area contributed by atoms with Gasteiger partial charge in [0.1, 0.15) is 5.82 Å². The Bertz CT molecular complexity index is 388. The predicted octanol–water partition coefficient (Wildman–Crippen LogP) is 2.61. The zero-order valence-corrected chi connectivity index (χ0v) is 12.1. The topological polar surface area (TPSA) is 32.7 Å². The highest BCUT2D eigenvalue weighted by Crippen LogP contribution is 2.30. The molecule has 0 aliphatic carbocycles. The largest absolute Gasteiger partial charge is 0.388 e. The normalized spacial score (nSPS) is 19.1. The maximum atomic E-state index is 12.9. The first-order chi connectivity index (χ1) is 9.70. The Morgan fingerprint density at radius 1 is 1.30 bits per heavy atom. The van der Waals surface area contributed by atoms with Gasteiger partial charge in [0, 0.05) is 13.2 Å². The van der Waals surface area contributed by atoms with Gasteiger partial charge in [-0.2, -0.15) is 0 Å². The Labute approximate surface area is 120 Å². The summed E-state index contributed by atoms with van der Waals surface area (Å²) in [5, 5.41) is 10.4. The Hall–Kier alpha value is -0.970. The van der Waals surface area contributed by atoms with E-state index in [1.54, 1.807) is 12.1 Å². The number of ether oxygens (including phenoxy) is 1. The van der Waals surface area contributed by atoms with Crippen molar-refractivity contribution < 1.29 is 14.2 Å². The molecule has 3 nitrogen and oxygen atoms in total. The van der Waals surface area contributed by atoms with E-state index in [4.69, 9.17) is 4.74 Å². The summed E-state index contributed by atoms with van der Waals surface area (Å²) in [6.45, 7) is 6.51. The highest BCUT2D eigenvalue weighted by molar-refractivity contribution is 5.19. The van der Waals surface area contributed by atoms with Crippen LogP contribution in [0.25, 0.3) is 0 Å². The van der Waals surface area contributed by atoms with Crippen LogP contribution in [0.3, 0.4) is 0 Å². The molecule has 1 saturated heterocycles. The fourth-order valence-corrected chi connectivity index (χ4v) is 2.76. The van der Waals surface area contributed by atoms with Gasteiger partial charge in [-0.3, -0.25) is 0 Å². The van der Waals surface area contributed by atoms with E-state index in [9.17, 15) is 9.50 Å². The average Bonchev–Trinajstić information content (AvgIpc) is 2.48. The molecule has 0 radical (unpaired) electrons. The Balaban J connectivity index is 1.79. The predicted molar refractivity (Wildman–Crippen MR) is 77.0 cm³/mol. The Morgan fingerprint density at radius 2 is 1.95 bits per heavy atom. The fraction of sp³-hybridized carbons (Fsp3) is 0.625. The van der Waals surface area contributed by atoms with Crippen molar-refractivity contribution in [3.8, 4) is 0 Å². The number of hydrogen-bond donors (Lipinski definition) is 1. The van der Waals surface area contributed by atoms with Crippen molar-refractivity contribution in [3.05, 3.63) is 35.6 Å². The second-order valence-electron chi connectivity index (χ2n) is 5.37. The molecular weight excluding hydrogens is 257 g/mol. The molecule has 2 rings (SSSR count). The monoisotopic (exact) mass is 281 g/mol. The molecule has 112 valence electrons. The molecule has 1 aromatic rings. The van der Waals surface area contributed by atoms with Gasteiger partial charge >= 0.3 is 0 Å². The lowest BCUT2D eigenvalue weighted by Gasteiger charge is -2.34. The van der Waals surface area contributed by atoms with Crippen molar-refractivity contribution in [2.24, 2.45) is 5.92 Å². The Morgan fingerprint density at radius 3 is 2.55 bits per heavy atom. The van der Waals surface area contributed by atoms with Crippen molar-refractivity contribution >= 4 is 0 Å². The molecule has 1 N–H and O–H groups in total. The summed E-state index contributed by atoms with van der Waals surface area (Å²) in [6, 6.07) is 6.19. The van der Waals surface area contributed by atoms with Crippen LogP contribution < -0.4 is 0 Å². The lowest BCUT2D eigenvalue weighted by Crippen LogP contribution is -2.37. The quantitative estimate of drug-likeness (QED) is 0.814. The van der Waals surface area contributed by atoms with E-state index in [2.05, 4.69) is 4.90 Å². The number of piperidine rings is 1. The minimum atomic E-state index is -0.482. The van der Waals surface area contributed by atoms with Crippen molar-refractivity contribution in [2.75, 3.05) is 32.8 Å². The second-order valence-corrected chi connectivity index (χ2v) is 5.37. The fourth-order valence-electron chi connectivity index (χ4n) is 2.76. The van der Waals surface area contributed by atoms with Gasteiger partial charge in [0.15, 0.2) is 0 Å². The van der Waals surface area contributed by atoms with Gasteiger partial charge in [-0.25, -0.2) is 4.39 Å². The maximum absolute atomic E-state index is 12.9.